The van der Waals surface area contributed by atoms with E-state index in [2.05, 4.69) is 55.4 Å². The molecule has 0 aromatic carbocycles. The van der Waals surface area contributed by atoms with Crippen LogP contribution in [0, 0.1) is 52.8 Å². The van der Waals surface area contributed by atoms with E-state index in [0.29, 0.717) is 5.41 Å². The SMILES string of the molecule is CCCC(C)C1CCC2(C)C(C(C)CCCC(C)C)CCC2C1C(C)CCC. The first-order valence-electron chi connectivity index (χ1n) is 13.3. The van der Waals surface area contributed by atoms with Crippen LogP contribution in [-0.2, 0) is 0 Å². The topological polar surface area (TPSA) is 0 Å². The first-order chi connectivity index (χ1) is 13.3. The van der Waals surface area contributed by atoms with Gasteiger partial charge in [-0.1, -0.05) is 100 Å². The highest BCUT2D eigenvalue weighted by Gasteiger charge is 2.55. The summed E-state index contributed by atoms with van der Waals surface area (Å²) >= 11 is 0. The Morgan fingerprint density at radius 2 is 1.39 bits per heavy atom. The molecule has 2 fully saturated rings. The first-order valence-corrected chi connectivity index (χ1v) is 13.3. The Bertz CT molecular complexity index is 437. The fraction of sp³-hybridized carbons (Fsp3) is 1.00. The van der Waals surface area contributed by atoms with Gasteiger partial charge in [-0.2, -0.15) is 0 Å². The Balaban J connectivity index is 2.16. The van der Waals surface area contributed by atoms with Crippen LogP contribution in [0.5, 0.6) is 0 Å². The molecule has 0 aromatic rings. The van der Waals surface area contributed by atoms with E-state index in [9.17, 15) is 0 Å². The van der Waals surface area contributed by atoms with Crippen molar-refractivity contribution in [2.45, 2.75) is 126 Å². The summed E-state index contributed by atoms with van der Waals surface area (Å²) < 4.78 is 0. The number of hydrogen-bond acceptors (Lipinski definition) is 0. The fourth-order valence-corrected chi connectivity index (χ4v) is 8.05. The summed E-state index contributed by atoms with van der Waals surface area (Å²) in [6, 6.07) is 0. The zero-order valence-corrected chi connectivity index (χ0v) is 20.9. The van der Waals surface area contributed by atoms with Crippen molar-refractivity contribution in [2.75, 3.05) is 0 Å². The third-order valence-corrected chi connectivity index (χ3v) is 9.46. The standard InChI is InChI=1S/C28H54/c1-9-12-21(5)24-18-19-28(8)25(22(6)15-11-14-20(3)4)16-17-26(28)27(24)23(7)13-10-2/h20-27H,9-19H2,1-8H3. The van der Waals surface area contributed by atoms with E-state index in [1.165, 1.54) is 70.6 Å². The molecule has 0 bridgehead atoms. The Morgan fingerprint density at radius 1 is 0.750 bits per heavy atom. The molecule has 8 atom stereocenters. The van der Waals surface area contributed by atoms with Crippen LogP contribution in [0.2, 0.25) is 0 Å². The average Bonchev–Trinajstić information content (AvgIpc) is 2.97. The highest BCUT2D eigenvalue weighted by molar-refractivity contribution is 5.05. The second-order valence-electron chi connectivity index (χ2n) is 11.9. The van der Waals surface area contributed by atoms with E-state index >= 15 is 0 Å². The quantitative estimate of drug-likeness (QED) is 0.329. The van der Waals surface area contributed by atoms with Crippen molar-refractivity contribution < 1.29 is 0 Å². The van der Waals surface area contributed by atoms with Crippen molar-refractivity contribution in [3.8, 4) is 0 Å². The monoisotopic (exact) mass is 390 g/mol. The largest absolute Gasteiger partial charge is 0.0654 e. The van der Waals surface area contributed by atoms with Crippen molar-refractivity contribution in [2.24, 2.45) is 52.8 Å². The van der Waals surface area contributed by atoms with Crippen LogP contribution in [0.1, 0.15) is 126 Å². The summed E-state index contributed by atoms with van der Waals surface area (Å²) in [5, 5.41) is 0. The van der Waals surface area contributed by atoms with Crippen LogP contribution >= 0.6 is 0 Å². The first kappa shape index (κ1) is 24.3. The summed E-state index contributed by atoms with van der Waals surface area (Å²) in [5.74, 6) is 7.64. The molecule has 0 amide bonds. The van der Waals surface area contributed by atoms with Crippen molar-refractivity contribution in [1.82, 2.24) is 0 Å². The van der Waals surface area contributed by atoms with Crippen LogP contribution in [-0.4, -0.2) is 0 Å². The van der Waals surface area contributed by atoms with E-state index in [-0.39, 0.29) is 0 Å². The third kappa shape index (κ3) is 5.37. The second-order valence-corrected chi connectivity index (χ2v) is 11.9. The molecule has 0 nitrogen and oxygen atoms in total. The zero-order chi connectivity index (χ0) is 20.9. The molecule has 0 N–H and O–H groups in total. The molecular weight excluding hydrogens is 336 g/mol. The van der Waals surface area contributed by atoms with Gasteiger partial charge in [0.05, 0.1) is 0 Å². The van der Waals surface area contributed by atoms with Gasteiger partial charge in [0.15, 0.2) is 0 Å². The Hall–Kier alpha value is 0. The molecular formula is C28H54. The van der Waals surface area contributed by atoms with Crippen LogP contribution in [0.25, 0.3) is 0 Å². The van der Waals surface area contributed by atoms with Crippen LogP contribution in [0.4, 0.5) is 0 Å². The van der Waals surface area contributed by atoms with Gasteiger partial charge in [-0.3, -0.25) is 0 Å². The molecule has 8 unspecified atom stereocenters. The summed E-state index contributed by atoms with van der Waals surface area (Å²) in [6.07, 6.45) is 16.0. The lowest BCUT2D eigenvalue weighted by molar-refractivity contribution is -0.0452. The molecule has 0 radical (unpaired) electrons. The summed E-state index contributed by atoms with van der Waals surface area (Å²) in [6.45, 7) is 20.1. The van der Waals surface area contributed by atoms with E-state index < -0.39 is 0 Å². The Kier molecular flexibility index (Phi) is 9.41. The maximum atomic E-state index is 2.74. The molecule has 0 spiro atoms. The van der Waals surface area contributed by atoms with Gasteiger partial charge in [-0.05, 0) is 78.4 Å². The molecule has 0 aliphatic heterocycles. The number of fused-ring (bicyclic) bond motifs is 1. The lowest BCUT2D eigenvalue weighted by atomic mass is 9.52. The van der Waals surface area contributed by atoms with Crippen molar-refractivity contribution in [3.05, 3.63) is 0 Å². The highest BCUT2D eigenvalue weighted by Crippen LogP contribution is 2.63. The van der Waals surface area contributed by atoms with E-state index in [1.54, 1.807) is 0 Å². The van der Waals surface area contributed by atoms with Crippen molar-refractivity contribution in [1.29, 1.82) is 0 Å². The fourth-order valence-electron chi connectivity index (χ4n) is 8.05. The highest BCUT2D eigenvalue weighted by atomic mass is 14.6. The summed E-state index contributed by atoms with van der Waals surface area (Å²) in [7, 11) is 0. The molecule has 0 aromatic heterocycles. The summed E-state index contributed by atoms with van der Waals surface area (Å²) in [4.78, 5) is 0. The summed E-state index contributed by atoms with van der Waals surface area (Å²) in [5.41, 5.74) is 0.631. The minimum absolute atomic E-state index is 0.631. The normalized spacial score (nSPS) is 36.3. The molecule has 2 rings (SSSR count). The van der Waals surface area contributed by atoms with Crippen LogP contribution in [0.15, 0.2) is 0 Å². The van der Waals surface area contributed by atoms with Gasteiger partial charge >= 0.3 is 0 Å². The molecule has 0 heteroatoms. The van der Waals surface area contributed by atoms with Gasteiger partial charge in [0.2, 0.25) is 0 Å². The number of rotatable bonds is 11. The van der Waals surface area contributed by atoms with Gasteiger partial charge in [-0.15, -0.1) is 0 Å². The molecule has 0 heterocycles. The second kappa shape index (κ2) is 10.9. The predicted octanol–water partition coefficient (Wildman–Crippen LogP) is 9.38. The van der Waals surface area contributed by atoms with E-state index in [1.807, 2.05) is 0 Å². The van der Waals surface area contributed by atoms with Gasteiger partial charge in [0, 0.05) is 0 Å². The van der Waals surface area contributed by atoms with Crippen molar-refractivity contribution >= 4 is 0 Å². The number of hydrogen-bond donors (Lipinski definition) is 0. The third-order valence-electron chi connectivity index (χ3n) is 9.46. The molecule has 2 aliphatic carbocycles. The predicted molar refractivity (Wildman–Crippen MR) is 127 cm³/mol. The van der Waals surface area contributed by atoms with Crippen molar-refractivity contribution in [3.63, 3.8) is 0 Å². The minimum Gasteiger partial charge on any atom is -0.0654 e. The van der Waals surface area contributed by atoms with Crippen LogP contribution in [0.3, 0.4) is 0 Å². The molecule has 2 aliphatic rings. The van der Waals surface area contributed by atoms with Gasteiger partial charge in [0.1, 0.15) is 0 Å². The molecule has 0 saturated heterocycles. The van der Waals surface area contributed by atoms with Crippen LogP contribution < -0.4 is 0 Å². The van der Waals surface area contributed by atoms with E-state index in [4.69, 9.17) is 0 Å². The average molecular weight is 391 g/mol. The lowest BCUT2D eigenvalue weighted by Crippen LogP contribution is -2.46. The smallest absolute Gasteiger partial charge is 0.0264 e. The zero-order valence-electron chi connectivity index (χ0n) is 20.9. The Morgan fingerprint density at radius 3 is 2.00 bits per heavy atom. The molecule has 28 heavy (non-hydrogen) atoms. The van der Waals surface area contributed by atoms with Gasteiger partial charge in [-0.25, -0.2) is 0 Å². The lowest BCUT2D eigenvalue weighted by Gasteiger charge is -2.53. The molecule has 166 valence electrons. The minimum atomic E-state index is 0.631. The van der Waals surface area contributed by atoms with Gasteiger partial charge < -0.3 is 0 Å². The Labute approximate surface area is 179 Å². The maximum absolute atomic E-state index is 2.74. The molecule has 2 saturated carbocycles. The van der Waals surface area contributed by atoms with E-state index in [0.717, 1.165) is 47.3 Å². The maximum Gasteiger partial charge on any atom is -0.0264 e. The van der Waals surface area contributed by atoms with Gasteiger partial charge in [0.25, 0.3) is 0 Å².